The van der Waals surface area contributed by atoms with Crippen LogP contribution in [-0.2, 0) is 6.42 Å². The van der Waals surface area contributed by atoms with E-state index in [0.29, 0.717) is 0 Å². The molecule has 0 saturated heterocycles. The molecule has 0 amide bonds. The molecule has 12 heavy (non-hydrogen) atoms. The summed E-state index contributed by atoms with van der Waals surface area (Å²) in [4.78, 5) is 0. The van der Waals surface area contributed by atoms with Gasteiger partial charge in [-0.05, 0) is 37.8 Å². The third-order valence-corrected chi connectivity index (χ3v) is 2.31. The van der Waals surface area contributed by atoms with Gasteiger partial charge in [0, 0.05) is 0 Å². The van der Waals surface area contributed by atoms with Crippen LogP contribution in [0.2, 0.25) is 0 Å². The number of ether oxygens (including phenoxy) is 1. The van der Waals surface area contributed by atoms with Gasteiger partial charge in [0.05, 0.1) is 6.61 Å². The second-order valence-electron chi connectivity index (χ2n) is 3.42. The zero-order chi connectivity index (χ0) is 8.39. The second kappa shape index (κ2) is 3.18. The van der Waals surface area contributed by atoms with Crippen LogP contribution in [0.5, 0.6) is 5.75 Å². The first-order valence-corrected chi connectivity index (χ1v) is 4.58. The quantitative estimate of drug-likeness (QED) is 0.570. The van der Waals surface area contributed by atoms with Crippen molar-refractivity contribution >= 4 is 0 Å². The zero-order valence-corrected chi connectivity index (χ0v) is 7.47. The molecule has 0 spiro atoms. The standard InChI is InChI=1S/C11H14O/c1-9-5-6-11-10(8-9)4-2-3-7-12-11/h5-6,8H,2-4,7H2,1H3. The topological polar surface area (TPSA) is 9.23 Å². The molecule has 1 aromatic rings. The number of benzene rings is 1. The summed E-state index contributed by atoms with van der Waals surface area (Å²) < 4.78 is 5.60. The Balaban J connectivity index is 2.36. The van der Waals surface area contributed by atoms with Gasteiger partial charge in [-0.2, -0.15) is 0 Å². The maximum atomic E-state index is 5.60. The van der Waals surface area contributed by atoms with Gasteiger partial charge in [-0.3, -0.25) is 0 Å². The average molecular weight is 162 g/mol. The molecule has 1 aromatic carbocycles. The Bertz CT molecular complexity index is 278. The molecule has 0 unspecified atom stereocenters. The molecule has 64 valence electrons. The Kier molecular flexibility index (Phi) is 2.03. The summed E-state index contributed by atoms with van der Waals surface area (Å²) in [6, 6.07) is 6.45. The second-order valence-corrected chi connectivity index (χ2v) is 3.42. The first-order chi connectivity index (χ1) is 5.86. The maximum Gasteiger partial charge on any atom is 0.122 e. The Labute approximate surface area is 73.4 Å². The minimum atomic E-state index is 0.885. The van der Waals surface area contributed by atoms with E-state index < -0.39 is 0 Å². The van der Waals surface area contributed by atoms with Gasteiger partial charge in [0.2, 0.25) is 0 Å². The van der Waals surface area contributed by atoms with Crippen LogP contribution in [0, 0.1) is 6.92 Å². The normalized spacial score (nSPS) is 16.1. The highest BCUT2D eigenvalue weighted by molar-refractivity contribution is 5.37. The van der Waals surface area contributed by atoms with Gasteiger partial charge in [-0.25, -0.2) is 0 Å². The van der Waals surface area contributed by atoms with E-state index >= 15 is 0 Å². The van der Waals surface area contributed by atoms with Crippen molar-refractivity contribution in [2.75, 3.05) is 6.61 Å². The summed E-state index contributed by atoms with van der Waals surface area (Å²) in [6.07, 6.45) is 3.63. The minimum absolute atomic E-state index is 0.885. The molecule has 0 aliphatic carbocycles. The molecule has 0 N–H and O–H groups in total. The smallest absolute Gasteiger partial charge is 0.122 e. The van der Waals surface area contributed by atoms with Crippen molar-refractivity contribution in [3.63, 3.8) is 0 Å². The SMILES string of the molecule is Cc1ccc2c(c1)CCCCO2. The van der Waals surface area contributed by atoms with Gasteiger partial charge in [0.25, 0.3) is 0 Å². The molecule has 2 rings (SSSR count). The van der Waals surface area contributed by atoms with Gasteiger partial charge < -0.3 is 4.74 Å². The Morgan fingerprint density at radius 3 is 3.08 bits per heavy atom. The third kappa shape index (κ3) is 1.45. The Morgan fingerprint density at radius 2 is 2.17 bits per heavy atom. The molecule has 0 atom stereocenters. The fraction of sp³-hybridized carbons (Fsp3) is 0.455. The lowest BCUT2D eigenvalue weighted by Crippen LogP contribution is -1.94. The predicted molar refractivity (Wildman–Crippen MR) is 49.6 cm³/mol. The van der Waals surface area contributed by atoms with Crippen molar-refractivity contribution in [3.8, 4) is 5.75 Å². The summed E-state index contributed by atoms with van der Waals surface area (Å²) in [7, 11) is 0. The number of hydrogen-bond donors (Lipinski definition) is 0. The van der Waals surface area contributed by atoms with E-state index in [-0.39, 0.29) is 0 Å². The fourth-order valence-electron chi connectivity index (χ4n) is 1.64. The summed E-state index contributed by atoms with van der Waals surface area (Å²) in [6.45, 7) is 3.02. The Hall–Kier alpha value is -0.980. The van der Waals surface area contributed by atoms with E-state index in [1.54, 1.807) is 0 Å². The van der Waals surface area contributed by atoms with Crippen LogP contribution >= 0.6 is 0 Å². The lowest BCUT2D eigenvalue weighted by Gasteiger charge is -2.06. The largest absolute Gasteiger partial charge is 0.493 e. The van der Waals surface area contributed by atoms with E-state index in [2.05, 4.69) is 25.1 Å². The molecular weight excluding hydrogens is 148 g/mol. The summed E-state index contributed by atoms with van der Waals surface area (Å²) >= 11 is 0. The third-order valence-electron chi connectivity index (χ3n) is 2.31. The van der Waals surface area contributed by atoms with Crippen molar-refractivity contribution in [2.24, 2.45) is 0 Å². The number of rotatable bonds is 0. The van der Waals surface area contributed by atoms with E-state index in [9.17, 15) is 0 Å². The van der Waals surface area contributed by atoms with E-state index in [1.807, 2.05) is 0 Å². The van der Waals surface area contributed by atoms with Gasteiger partial charge in [0.1, 0.15) is 5.75 Å². The van der Waals surface area contributed by atoms with Crippen LogP contribution in [0.4, 0.5) is 0 Å². The minimum Gasteiger partial charge on any atom is -0.493 e. The van der Waals surface area contributed by atoms with Crippen molar-refractivity contribution in [3.05, 3.63) is 29.3 Å². The first-order valence-electron chi connectivity index (χ1n) is 4.58. The van der Waals surface area contributed by atoms with E-state index in [4.69, 9.17) is 4.74 Å². The predicted octanol–water partition coefficient (Wildman–Crippen LogP) is 2.71. The van der Waals surface area contributed by atoms with Crippen molar-refractivity contribution < 1.29 is 4.74 Å². The molecular formula is C11H14O. The van der Waals surface area contributed by atoms with Crippen LogP contribution in [0.25, 0.3) is 0 Å². The number of hydrogen-bond acceptors (Lipinski definition) is 1. The first kappa shape index (κ1) is 7.66. The van der Waals surface area contributed by atoms with Crippen LogP contribution in [-0.4, -0.2) is 6.61 Å². The van der Waals surface area contributed by atoms with Crippen molar-refractivity contribution in [2.45, 2.75) is 26.2 Å². The highest BCUT2D eigenvalue weighted by Crippen LogP contribution is 2.24. The van der Waals surface area contributed by atoms with Crippen LogP contribution < -0.4 is 4.74 Å². The highest BCUT2D eigenvalue weighted by atomic mass is 16.5. The van der Waals surface area contributed by atoms with Crippen LogP contribution in [0.15, 0.2) is 18.2 Å². The van der Waals surface area contributed by atoms with Gasteiger partial charge >= 0.3 is 0 Å². The molecule has 1 heteroatoms. The molecule has 0 aromatic heterocycles. The highest BCUT2D eigenvalue weighted by Gasteiger charge is 2.07. The van der Waals surface area contributed by atoms with Crippen LogP contribution in [0.3, 0.4) is 0 Å². The molecule has 1 heterocycles. The lowest BCUT2D eigenvalue weighted by atomic mass is 10.1. The lowest BCUT2D eigenvalue weighted by molar-refractivity contribution is 0.317. The average Bonchev–Trinajstić information content (AvgIpc) is 2.28. The van der Waals surface area contributed by atoms with E-state index in [1.165, 1.54) is 30.4 Å². The molecule has 0 radical (unpaired) electrons. The van der Waals surface area contributed by atoms with E-state index in [0.717, 1.165) is 12.4 Å². The summed E-state index contributed by atoms with van der Waals surface area (Å²) in [5, 5.41) is 0. The number of aryl methyl sites for hydroxylation is 2. The summed E-state index contributed by atoms with van der Waals surface area (Å²) in [5.74, 6) is 1.10. The van der Waals surface area contributed by atoms with Crippen LogP contribution in [0.1, 0.15) is 24.0 Å². The molecule has 1 nitrogen and oxygen atoms in total. The van der Waals surface area contributed by atoms with Crippen molar-refractivity contribution in [1.82, 2.24) is 0 Å². The van der Waals surface area contributed by atoms with Gasteiger partial charge in [0.15, 0.2) is 0 Å². The van der Waals surface area contributed by atoms with Crippen molar-refractivity contribution in [1.29, 1.82) is 0 Å². The molecule has 0 saturated carbocycles. The molecule has 1 aliphatic heterocycles. The number of fused-ring (bicyclic) bond motifs is 1. The van der Waals surface area contributed by atoms with Gasteiger partial charge in [-0.15, -0.1) is 0 Å². The van der Waals surface area contributed by atoms with Gasteiger partial charge in [-0.1, -0.05) is 17.7 Å². The molecule has 0 fully saturated rings. The Morgan fingerprint density at radius 1 is 1.25 bits per heavy atom. The fourth-order valence-corrected chi connectivity index (χ4v) is 1.64. The monoisotopic (exact) mass is 162 g/mol. The summed E-state index contributed by atoms with van der Waals surface area (Å²) in [5.41, 5.74) is 2.71. The molecule has 1 aliphatic rings. The molecule has 0 bridgehead atoms. The maximum absolute atomic E-state index is 5.60. The zero-order valence-electron chi connectivity index (χ0n) is 7.47.